The fourth-order valence-corrected chi connectivity index (χ4v) is 6.91. The van der Waals surface area contributed by atoms with Crippen LogP contribution in [0, 0.1) is 22.7 Å². The molecule has 0 N–H and O–H groups in total. The van der Waals surface area contributed by atoms with E-state index in [1.165, 1.54) is 0 Å². The van der Waals surface area contributed by atoms with Gasteiger partial charge in [0.25, 0.3) is 0 Å². The van der Waals surface area contributed by atoms with Crippen LogP contribution in [0.5, 0.6) is 0 Å². The Balaban J connectivity index is 1.33. The molecule has 1 unspecified atom stereocenters. The summed E-state index contributed by atoms with van der Waals surface area (Å²) in [4.78, 5) is 0. The molecule has 198 valence electrons. The fraction of sp³-hybridized carbons (Fsp3) is 0.0256. The Morgan fingerprint density at radius 1 is 0.512 bits per heavy atom. The number of nitrogens with zero attached hydrogens (tertiary/aromatic N) is 2. The van der Waals surface area contributed by atoms with Gasteiger partial charge in [0, 0.05) is 33.0 Å². The summed E-state index contributed by atoms with van der Waals surface area (Å²) < 4.78 is 12.6. The van der Waals surface area contributed by atoms with Crippen LogP contribution in [0.3, 0.4) is 0 Å². The van der Waals surface area contributed by atoms with Crippen LogP contribution in [0.1, 0.15) is 33.7 Å². The van der Waals surface area contributed by atoms with Crippen LogP contribution in [0.4, 0.5) is 0 Å². The van der Waals surface area contributed by atoms with Gasteiger partial charge in [-0.05, 0) is 81.9 Å². The van der Waals surface area contributed by atoms with E-state index in [9.17, 15) is 10.5 Å². The maximum absolute atomic E-state index is 10.1. The Morgan fingerprint density at radius 3 is 2.02 bits per heavy atom. The van der Waals surface area contributed by atoms with E-state index in [2.05, 4.69) is 66.7 Å². The van der Waals surface area contributed by atoms with Crippen molar-refractivity contribution in [3.05, 3.63) is 143 Å². The van der Waals surface area contributed by atoms with Crippen LogP contribution in [-0.2, 0) is 0 Å². The Hall–Kier alpha value is -6.10. The molecule has 2 heterocycles. The van der Waals surface area contributed by atoms with Crippen molar-refractivity contribution < 1.29 is 8.83 Å². The van der Waals surface area contributed by atoms with E-state index in [0.717, 1.165) is 82.8 Å². The number of rotatable bonds is 2. The lowest BCUT2D eigenvalue weighted by atomic mass is 9.85. The minimum Gasteiger partial charge on any atom is -0.456 e. The molecular weight excluding hydrogens is 528 g/mol. The van der Waals surface area contributed by atoms with Crippen LogP contribution in [0.2, 0.25) is 0 Å². The van der Waals surface area contributed by atoms with E-state index in [-0.39, 0.29) is 5.92 Å². The zero-order valence-corrected chi connectivity index (χ0v) is 22.8. The van der Waals surface area contributed by atoms with Crippen molar-refractivity contribution in [2.24, 2.45) is 0 Å². The number of hydrogen-bond acceptors (Lipinski definition) is 4. The topological polar surface area (TPSA) is 73.9 Å². The Kier molecular flexibility index (Phi) is 4.77. The van der Waals surface area contributed by atoms with E-state index >= 15 is 0 Å². The number of nitriles is 2. The molecule has 43 heavy (non-hydrogen) atoms. The first-order chi connectivity index (χ1) is 21.2. The molecule has 0 bridgehead atoms. The molecular formula is C39H20N2O2. The van der Waals surface area contributed by atoms with Gasteiger partial charge in [-0.15, -0.1) is 0 Å². The highest BCUT2D eigenvalue weighted by molar-refractivity contribution is 6.12. The van der Waals surface area contributed by atoms with Gasteiger partial charge in [-0.2, -0.15) is 10.5 Å². The smallest absolute Gasteiger partial charge is 0.143 e. The fourth-order valence-electron chi connectivity index (χ4n) is 6.91. The van der Waals surface area contributed by atoms with Gasteiger partial charge in [-0.25, -0.2) is 0 Å². The first-order valence-electron chi connectivity index (χ1n) is 14.2. The molecule has 8 aromatic rings. The molecule has 4 nitrogen and oxygen atoms in total. The molecule has 1 atom stereocenters. The molecule has 0 saturated carbocycles. The lowest BCUT2D eigenvalue weighted by Gasteiger charge is -2.16. The first-order valence-corrected chi connectivity index (χ1v) is 14.2. The second-order valence-corrected chi connectivity index (χ2v) is 11.1. The third-order valence-corrected chi connectivity index (χ3v) is 8.85. The number of fused-ring (bicyclic) bond motifs is 10. The van der Waals surface area contributed by atoms with Crippen molar-refractivity contribution in [3.8, 4) is 34.4 Å². The van der Waals surface area contributed by atoms with Crippen molar-refractivity contribution >= 4 is 43.9 Å². The summed E-state index contributed by atoms with van der Waals surface area (Å²) in [5.41, 5.74) is 11.8. The predicted molar refractivity (Wildman–Crippen MR) is 169 cm³/mol. The van der Waals surface area contributed by atoms with Crippen LogP contribution in [0.25, 0.3) is 66.1 Å². The summed E-state index contributed by atoms with van der Waals surface area (Å²) in [6.45, 7) is 0. The third-order valence-electron chi connectivity index (χ3n) is 8.85. The quantitative estimate of drug-likeness (QED) is 0.215. The van der Waals surface area contributed by atoms with Crippen LogP contribution >= 0.6 is 0 Å². The Morgan fingerprint density at radius 2 is 1.21 bits per heavy atom. The number of para-hydroxylation sites is 2. The van der Waals surface area contributed by atoms with Gasteiger partial charge < -0.3 is 8.83 Å². The predicted octanol–water partition coefficient (Wildman–Crippen LogP) is 10.1. The van der Waals surface area contributed by atoms with E-state index in [1.54, 1.807) is 12.1 Å². The lowest BCUT2D eigenvalue weighted by molar-refractivity contribution is 0.669. The van der Waals surface area contributed by atoms with E-state index < -0.39 is 0 Å². The summed E-state index contributed by atoms with van der Waals surface area (Å²) in [6.07, 6.45) is 0. The first kappa shape index (κ1) is 23.6. The maximum atomic E-state index is 10.1. The van der Waals surface area contributed by atoms with Crippen LogP contribution in [0.15, 0.2) is 124 Å². The third kappa shape index (κ3) is 3.29. The number of furan rings is 2. The monoisotopic (exact) mass is 548 g/mol. The summed E-state index contributed by atoms with van der Waals surface area (Å²) in [5.74, 6) is -0.208. The van der Waals surface area contributed by atoms with Crippen molar-refractivity contribution in [3.63, 3.8) is 0 Å². The molecule has 9 rings (SSSR count). The summed E-state index contributed by atoms with van der Waals surface area (Å²) in [7, 11) is 0. The zero-order chi connectivity index (χ0) is 28.7. The molecule has 0 radical (unpaired) electrons. The highest BCUT2D eigenvalue weighted by atomic mass is 16.3. The second kappa shape index (κ2) is 8.70. The molecule has 2 aromatic heterocycles. The van der Waals surface area contributed by atoms with Crippen molar-refractivity contribution in [1.82, 2.24) is 0 Å². The largest absolute Gasteiger partial charge is 0.456 e. The van der Waals surface area contributed by atoms with Crippen molar-refractivity contribution in [2.45, 2.75) is 5.92 Å². The molecule has 4 heteroatoms. The highest BCUT2D eigenvalue weighted by Crippen LogP contribution is 2.53. The molecule has 0 saturated heterocycles. The number of hydrogen-bond donors (Lipinski definition) is 0. The molecule has 6 aromatic carbocycles. The van der Waals surface area contributed by atoms with Crippen LogP contribution < -0.4 is 0 Å². The van der Waals surface area contributed by atoms with Gasteiger partial charge in [0.15, 0.2) is 0 Å². The highest BCUT2D eigenvalue weighted by Gasteiger charge is 2.34. The molecule has 0 fully saturated rings. The molecule has 1 aliphatic carbocycles. The Bertz CT molecular complexity index is 2550. The maximum Gasteiger partial charge on any atom is 0.143 e. The molecule has 0 aliphatic heterocycles. The number of benzene rings is 6. The normalized spacial score (nSPS) is 13.8. The Labute approximate surface area is 246 Å². The standard InChI is InChI=1S/C39H20N2O2/c40-20-22-9-10-25(21-41)31(17-22)37-28-13-11-23(24-12-16-36-32(18-24)27-6-2-3-7-34(27)42-36)19-33(28)38-30(37)15-14-29-26-5-1-4-8-35(26)43-39(29)38/h1-19,37H. The lowest BCUT2D eigenvalue weighted by Crippen LogP contribution is -2.03. The van der Waals surface area contributed by atoms with E-state index in [4.69, 9.17) is 8.83 Å². The second-order valence-electron chi connectivity index (χ2n) is 11.1. The van der Waals surface area contributed by atoms with Gasteiger partial charge >= 0.3 is 0 Å². The van der Waals surface area contributed by atoms with Crippen molar-refractivity contribution in [2.75, 3.05) is 0 Å². The molecule has 0 spiro atoms. The molecule has 1 aliphatic rings. The van der Waals surface area contributed by atoms with Gasteiger partial charge in [-0.1, -0.05) is 66.7 Å². The van der Waals surface area contributed by atoms with E-state index in [0.29, 0.717) is 11.1 Å². The summed E-state index contributed by atoms with van der Waals surface area (Å²) >= 11 is 0. The average Bonchev–Trinajstić information content (AvgIpc) is 3.73. The minimum absolute atomic E-state index is 0.208. The average molecular weight is 549 g/mol. The van der Waals surface area contributed by atoms with Gasteiger partial charge in [0.2, 0.25) is 0 Å². The molecule has 0 amide bonds. The van der Waals surface area contributed by atoms with E-state index in [1.807, 2.05) is 48.5 Å². The SMILES string of the molecule is N#Cc1ccc(C#N)c(C2c3ccc(-c4ccc5oc6ccccc6c5c4)cc3-c3c2ccc2c3oc3ccccc32)c1. The van der Waals surface area contributed by atoms with Crippen molar-refractivity contribution in [1.29, 1.82) is 10.5 Å². The zero-order valence-electron chi connectivity index (χ0n) is 22.8. The minimum atomic E-state index is -0.208. The van der Waals surface area contributed by atoms with Crippen LogP contribution in [-0.4, -0.2) is 0 Å². The summed E-state index contributed by atoms with van der Waals surface area (Å²) in [5, 5.41) is 24.1. The van der Waals surface area contributed by atoms with Gasteiger partial charge in [0.1, 0.15) is 22.3 Å². The summed E-state index contributed by atoms with van der Waals surface area (Å²) in [6, 6.07) is 43.3. The van der Waals surface area contributed by atoms with Gasteiger partial charge in [0.05, 0.1) is 23.3 Å². The van der Waals surface area contributed by atoms with Gasteiger partial charge in [-0.3, -0.25) is 0 Å².